The molecule has 0 saturated heterocycles. The van der Waals surface area contributed by atoms with Crippen LogP contribution in [-0.2, 0) is 6.42 Å². The Labute approximate surface area is 131 Å². The normalized spacial score (nSPS) is 18.5. The molecule has 1 aromatic rings. The fraction of sp³-hybridized carbons (Fsp3) is 0.688. The van der Waals surface area contributed by atoms with Gasteiger partial charge in [-0.25, -0.2) is 0 Å². The molecule has 0 atom stereocenters. The molecule has 1 aliphatic carbocycles. The van der Waals surface area contributed by atoms with Gasteiger partial charge in [0.1, 0.15) is 0 Å². The van der Waals surface area contributed by atoms with Crippen molar-refractivity contribution >= 4 is 17.3 Å². The summed E-state index contributed by atoms with van der Waals surface area (Å²) in [7, 11) is 3.85. The van der Waals surface area contributed by atoms with E-state index in [1.807, 2.05) is 7.05 Å². The lowest BCUT2D eigenvalue weighted by atomic mass is 9.85. The monoisotopic (exact) mass is 309 g/mol. The first-order valence-electron chi connectivity index (χ1n) is 7.79. The first-order chi connectivity index (χ1) is 10.1. The van der Waals surface area contributed by atoms with Gasteiger partial charge >= 0.3 is 0 Å². The van der Waals surface area contributed by atoms with Crippen molar-refractivity contribution in [1.82, 2.24) is 10.2 Å². The van der Waals surface area contributed by atoms with Crippen LogP contribution in [0.4, 0.5) is 0 Å². The van der Waals surface area contributed by atoms with E-state index in [9.17, 15) is 5.11 Å². The molecular weight excluding hydrogens is 282 g/mol. The van der Waals surface area contributed by atoms with E-state index in [2.05, 4.69) is 32.7 Å². The number of hydrogen-bond donors (Lipinski definition) is 2. The molecule has 0 amide bonds. The van der Waals surface area contributed by atoms with E-state index in [-0.39, 0.29) is 0 Å². The summed E-state index contributed by atoms with van der Waals surface area (Å²) >= 11 is 1.79. The molecule has 2 rings (SSSR count). The molecule has 2 N–H and O–H groups in total. The Morgan fingerprint density at radius 3 is 2.81 bits per heavy atom. The van der Waals surface area contributed by atoms with Gasteiger partial charge in [0.05, 0.1) is 5.60 Å². The third kappa shape index (κ3) is 5.00. The van der Waals surface area contributed by atoms with E-state index in [0.717, 1.165) is 44.6 Å². The van der Waals surface area contributed by atoms with Crippen LogP contribution in [0.2, 0.25) is 0 Å². The average Bonchev–Trinajstić information content (AvgIpc) is 2.99. The van der Waals surface area contributed by atoms with Gasteiger partial charge in [-0.05, 0) is 30.7 Å². The summed E-state index contributed by atoms with van der Waals surface area (Å²) in [4.78, 5) is 7.85. The summed E-state index contributed by atoms with van der Waals surface area (Å²) in [5, 5.41) is 16.0. The SMILES string of the molecule is CN=C(NCC1(O)CCCCC1)N(C)CCc1cccs1. The van der Waals surface area contributed by atoms with Crippen LogP contribution in [0.25, 0.3) is 0 Å². The Balaban J connectivity index is 1.79. The smallest absolute Gasteiger partial charge is 0.193 e. The number of likely N-dealkylation sites (N-methyl/N-ethyl adjacent to an activating group) is 1. The third-order valence-electron chi connectivity index (χ3n) is 4.21. The van der Waals surface area contributed by atoms with Crippen molar-refractivity contribution in [3.8, 4) is 0 Å². The predicted molar refractivity (Wildman–Crippen MR) is 90.0 cm³/mol. The third-order valence-corrected chi connectivity index (χ3v) is 5.14. The Morgan fingerprint density at radius 1 is 1.43 bits per heavy atom. The summed E-state index contributed by atoms with van der Waals surface area (Å²) < 4.78 is 0. The molecule has 0 radical (unpaired) electrons. The Morgan fingerprint density at radius 2 is 2.19 bits per heavy atom. The van der Waals surface area contributed by atoms with Crippen molar-refractivity contribution in [2.24, 2.45) is 4.99 Å². The van der Waals surface area contributed by atoms with Gasteiger partial charge in [0.15, 0.2) is 5.96 Å². The lowest BCUT2D eigenvalue weighted by Gasteiger charge is -2.33. The van der Waals surface area contributed by atoms with Crippen LogP contribution >= 0.6 is 11.3 Å². The van der Waals surface area contributed by atoms with Gasteiger partial charge < -0.3 is 15.3 Å². The molecule has 1 aromatic heterocycles. The van der Waals surface area contributed by atoms with E-state index < -0.39 is 5.60 Å². The molecule has 1 heterocycles. The fourth-order valence-corrected chi connectivity index (χ4v) is 3.55. The van der Waals surface area contributed by atoms with Gasteiger partial charge in [-0.1, -0.05) is 25.3 Å². The van der Waals surface area contributed by atoms with Crippen LogP contribution in [-0.4, -0.2) is 48.8 Å². The van der Waals surface area contributed by atoms with E-state index in [4.69, 9.17) is 0 Å². The van der Waals surface area contributed by atoms with Crippen LogP contribution in [0.15, 0.2) is 22.5 Å². The van der Waals surface area contributed by atoms with Gasteiger partial charge in [0, 0.05) is 32.1 Å². The standard InChI is InChI=1S/C16H27N3OS/c1-17-15(18-13-16(20)9-4-3-5-10-16)19(2)11-8-14-7-6-12-21-14/h6-7,12,20H,3-5,8-11,13H2,1-2H3,(H,17,18). The van der Waals surface area contributed by atoms with E-state index in [1.165, 1.54) is 11.3 Å². The van der Waals surface area contributed by atoms with Gasteiger partial charge in [-0.2, -0.15) is 0 Å². The first-order valence-corrected chi connectivity index (χ1v) is 8.67. The number of nitrogens with one attached hydrogen (secondary N) is 1. The highest BCUT2D eigenvalue weighted by Crippen LogP contribution is 2.27. The first kappa shape index (κ1) is 16.3. The molecular formula is C16H27N3OS. The molecule has 0 spiro atoms. The topological polar surface area (TPSA) is 47.9 Å². The minimum absolute atomic E-state index is 0.553. The molecule has 0 aromatic carbocycles. The summed E-state index contributed by atoms with van der Waals surface area (Å²) in [5.74, 6) is 0.866. The molecule has 1 saturated carbocycles. The van der Waals surface area contributed by atoms with Crippen molar-refractivity contribution in [2.75, 3.05) is 27.2 Å². The summed E-state index contributed by atoms with van der Waals surface area (Å²) in [6.07, 6.45) is 6.33. The molecule has 5 heteroatoms. The number of hydrogen-bond acceptors (Lipinski definition) is 3. The average molecular weight is 309 g/mol. The molecule has 118 valence electrons. The number of aliphatic hydroxyl groups is 1. The summed E-state index contributed by atoms with van der Waals surface area (Å²) in [6, 6.07) is 4.26. The highest BCUT2D eigenvalue weighted by atomic mass is 32.1. The van der Waals surface area contributed by atoms with E-state index >= 15 is 0 Å². The minimum Gasteiger partial charge on any atom is -0.388 e. The number of aliphatic imine (C=N–C) groups is 1. The lowest BCUT2D eigenvalue weighted by Crippen LogP contribution is -2.48. The number of thiophene rings is 1. The zero-order valence-electron chi connectivity index (χ0n) is 13.1. The molecule has 1 aliphatic rings. The maximum absolute atomic E-state index is 10.5. The van der Waals surface area contributed by atoms with Gasteiger partial charge in [-0.3, -0.25) is 4.99 Å². The molecule has 1 fully saturated rings. The van der Waals surface area contributed by atoms with Crippen molar-refractivity contribution in [3.05, 3.63) is 22.4 Å². The zero-order valence-corrected chi connectivity index (χ0v) is 14.0. The Kier molecular flexibility index (Phi) is 6.06. The van der Waals surface area contributed by atoms with Crippen LogP contribution in [0.3, 0.4) is 0 Å². The highest BCUT2D eigenvalue weighted by Gasteiger charge is 2.29. The van der Waals surface area contributed by atoms with Crippen LogP contribution in [0, 0.1) is 0 Å². The number of guanidine groups is 1. The lowest BCUT2D eigenvalue weighted by molar-refractivity contribution is 0.00822. The van der Waals surface area contributed by atoms with Crippen molar-refractivity contribution in [2.45, 2.75) is 44.1 Å². The zero-order chi connectivity index (χ0) is 15.1. The maximum Gasteiger partial charge on any atom is 0.193 e. The van der Waals surface area contributed by atoms with Crippen molar-refractivity contribution in [1.29, 1.82) is 0 Å². The summed E-state index contributed by atoms with van der Waals surface area (Å²) in [6.45, 7) is 1.53. The fourth-order valence-electron chi connectivity index (χ4n) is 2.85. The Hall–Kier alpha value is -1.07. The van der Waals surface area contributed by atoms with E-state index in [1.54, 1.807) is 18.4 Å². The maximum atomic E-state index is 10.5. The molecule has 0 unspecified atom stereocenters. The second-order valence-corrected chi connectivity index (χ2v) is 6.97. The van der Waals surface area contributed by atoms with Crippen LogP contribution < -0.4 is 5.32 Å². The molecule has 0 aliphatic heterocycles. The van der Waals surface area contributed by atoms with Gasteiger partial charge in [0.2, 0.25) is 0 Å². The molecule has 4 nitrogen and oxygen atoms in total. The highest BCUT2D eigenvalue weighted by molar-refractivity contribution is 7.09. The molecule has 0 bridgehead atoms. The van der Waals surface area contributed by atoms with Crippen molar-refractivity contribution in [3.63, 3.8) is 0 Å². The van der Waals surface area contributed by atoms with Gasteiger partial charge in [-0.15, -0.1) is 11.3 Å². The van der Waals surface area contributed by atoms with Crippen LogP contribution in [0.5, 0.6) is 0 Å². The van der Waals surface area contributed by atoms with Crippen molar-refractivity contribution < 1.29 is 5.11 Å². The second kappa shape index (κ2) is 7.80. The number of rotatable bonds is 5. The second-order valence-electron chi connectivity index (χ2n) is 5.94. The van der Waals surface area contributed by atoms with Crippen LogP contribution in [0.1, 0.15) is 37.0 Å². The molecule has 21 heavy (non-hydrogen) atoms. The predicted octanol–water partition coefficient (Wildman–Crippen LogP) is 2.49. The minimum atomic E-state index is -0.553. The summed E-state index contributed by atoms with van der Waals surface area (Å²) in [5.41, 5.74) is -0.553. The van der Waals surface area contributed by atoms with E-state index in [0.29, 0.717) is 6.54 Å². The number of nitrogens with zero attached hydrogens (tertiary/aromatic N) is 2. The quantitative estimate of drug-likeness (QED) is 0.649. The Bertz CT molecular complexity index is 438. The largest absolute Gasteiger partial charge is 0.388 e. The van der Waals surface area contributed by atoms with Gasteiger partial charge in [0.25, 0.3) is 0 Å².